The van der Waals surface area contributed by atoms with Gasteiger partial charge in [-0.1, -0.05) is 13.8 Å². The number of hydrogen-bond acceptors (Lipinski definition) is 3. The lowest BCUT2D eigenvalue weighted by Gasteiger charge is -2.12. The molecule has 0 spiro atoms. The highest BCUT2D eigenvalue weighted by Crippen LogP contribution is 2.08. The SMILES string of the molecule is CCC(C)NC(=O)c1cn(C)nc1C(=O)NC(C)CC. The van der Waals surface area contributed by atoms with E-state index in [0.29, 0.717) is 5.56 Å². The van der Waals surface area contributed by atoms with Gasteiger partial charge in [-0.15, -0.1) is 0 Å². The Morgan fingerprint density at radius 2 is 1.65 bits per heavy atom. The molecule has 2 unspecified atom stereocenters. The van der Waals surface area contributed by atoms with E-state index in [1.165, 1.54) is 4.68 Å². The zero-order chi connectivity index (χ0) is 15.3. The van der Waals surface area contributed by atoms with E-state index < -0.39 is 0 Å². The highest BCUT2D eigenvalue weighted by atomic mass is 16.2. The molecule has 1 rings (SSSR count). The van der Waals surface area contributed by atoms with Crippen molar-refractivity contribution in [2.24, 2.45) is 7.05 Å². The Balaban J connectivity index is 2.92. The number of amides is 2. The average molecular weight is 280 g/mol. The molecule has 6 heteroatoms. The molecule has 6 nitrogen and oxygen atoms in total. The molecule has 1 heterocycles. The summed E-state index contributed by atoms with van der Waals surface area (Å²) in [4.78, 5) is 24.3. The molecule has 0 saturated heterocycles. The van der Waals surface area contributed by atoms with Crippen LogP contribution in [0.5, 0.6) is 0 Å². The van der Waals surface area contributed by atoms with Crippen molar-refractivity contribution in [3.8, 4) is 0 Å². The van der Waals surface area contributed by atoms with E-state index in [2.05, 4.69) is 15.7 Å². The van der Waals surface area contributed by atoms with Gasteiger partial charge in [0.15, 0.2) is 5.69 Å². The number of carbonyl (C=O) groups excluding carboxylic acids is 2. The van der Waals surface area contributed by atoms with Crippen LogP contribution in [0.3, 0.4) is 0 Å². The second-order valence-electron chi connectivity index (χ2n) is 5.13. The van der Waals surface area contributed by atoms with E-state index in [9.17, 15) is 9.59 Å². The Kier molecular flexibility index (Phi) is 5.73. The summed E-state index contributed by atoms with van der Waals surface area (Å²) >= 11 is 0. The van der Waals surface area contributed by atoms with Crippen LogP contribution in [0.1, 0.15) is 61.4 Å². The molecular formula is C14H24N4O2. The van der Waals surface area contributed by atoms with Crippen LogP contribution in [-0.2, 0) is 7.05 Å². The van der Waals surface area contributed by atoms with Crippen molar-refractivity contribution in [3.05, 3.63) is 17.5 Å². The molecule has 0 aliphatic heterocycles. The summed E-state index contributed by atoms with van der Waals surface area (Å²) in [6.45, 7) is 7.82. The number of nitrogens with zero attached hydrogens (tertiary/aromatic N) is 2. The molecule has 0 fully saturated rings. The maximum absolute atomic E-state index is 12.2. The monoisotopic (exact) mass is 280 g/mol. The van der Waals surface area contributed by atoms with E-state index in [4.69, 9.17) is 0 Å². The average Bonchev–Trinajstić information content (AvgIpc) is 2.80. The normalized spacial score (nSPS) is 13.7. The van der Waals surface area contributed by atoms with Crippen LogP contribution in [0, 0.1) is 0 Å². The largest absolute Gasteiger partial charge is 0.349 e. The van der Waals surface area contributed by atoms with Crippen molar-refractivity contribution in [1.29, 1.82) is 0 Å². The van der Waals surface area contributed by atoms with Gasteiger partial charge in [-0.05, 0) is 26.7 Å². The van der Waals surface area contributed by atoms with Crippen molar-refractivity contribution in [3.63, 3.8) is 0 Å². The van der Waals surface area contributed by atoms with E-state index in [1.807, 2.05) is 27.7 Å². The van der Waals surface area contributed by atoms with Crippen LogP contribution in [-0.4, -0.2) is 33.7 Å². The van der Waals surface area contributed by atoms with Crippen molar-refractivity contribution < 1.29 is 9.59 Å². The minimum atomic E-state index is -0.311. The first-order chi connectivity index (χ1) is 9.38. The first kappa shape index (κ1) is 16.2. The lowest BCUT2D eigenvalue weighted by Crippen LogP contribution is -2.36. The topological polar surface area (TPSA) is 76.0 Å². The van der Waals surface area contributed by atoms with Crippen molar-refractivity contribution in [2.45, 2.75) is 52.6 Å². The Bertz CT molecular complexity index is 440. The molecule has 0 saturated carbocycles. The van der Waals surface area contributed by atoms with Gasteiger partial charge in [0, 0.05) is 25.3 Å². The summed E-state index contributed by atoms with van der Waals surface area (Å²) < 4.78 is 1.48. The Morgan fingerprint density at radius 3 is 2.15 bits per heavy atom. The molecule has 2 atom stereocenters. The summed E-state index contributed by atoms with van der Waals surface area (Å²) in [7, 11) is 1.69. The fourth-order valence-electron chi connectivity index (χ4n) is 1.62. The van der Waals surface area contributed by atoms with Crippen LogP contribution in [0.15, 0.2) is 6.20 Å². The van der Waals surface area contributed by atoms with Gasteiger partial charge in [-0.3, -0.25) is 14.3 Å². The van der Waals surface area contributed by atoms with Gasteiger partial charge >= 0.3 is 0 Å². The maximum atomic E-state index is 12.2. The summed E-state index contributed by atoms with van der Waals surface area (Å²) in [6, 6.07) is 0.114. The smallest absolute Gasteiger partial charge is 0.272 e. The molecule has 2 N–H and O–H groups in total. The molecule has 2 amide bonds. The molecule has 0 aromatic carbocycles. The van der Waals surface area contributed by atoms with Gasteiger partial charge in [-0.25, -0.2) is 0 Å². The molecule has 0 aliphatic rings. The number of aryl methyl sites for hydroxylation is 1. The van der Waals surface area contributed by atoms with Gasteiger partial charge < -0.3 is 10.6 Å². The fraction of sp³-hybridized carbons (Fsp3) is 0.643. The predicted octanol–water partition coefficient (Wildman–Crippen LogP) is 1.48. The molecule has 1 aromatic rings. The predicted molar refractivity (Wildman–Crippen MR) is 77.6 cm³/mol. The zero-order valence-corrected chi connectivity index (χ0v) is 12.9. The first-order valence-corrected chi connectivity index (χ1v) is 7.04. The summed E-state index contributed by atoms with van der Waals surface area (Å²) in [5, 5.41) is 9.77. The first-order valence-electron chi connectivity index (χ1n) is 7.04. The van der Waals surface area contributed by atoms with E-state index in [1.54, 1.807) is 13.2 Å². The summed E-state index contributed by atoms with van der Waals surface area (Å²) in [6.07, 6.45) is 3.23. The van der Waals surface area contributed by atoms with E-state index >= 15 is 0 Å². The minimum absolute atomic E-state index is 0.0509. The van der Waals surface area contributed by atoms with Crippen LogP contribution in [0.2, 0.25) is 0 Å². The standard InChI is InChI=1S/C14H24N4O2/c1-6-9(3)15-13(19)11-8-18(5)17-12(11)14(20)16-10(4)7-2/h8-10H,6-7H2,1-5H3,(H,15,19)(H,16,20). The second-order valence-corrected chi connectivity index (χ2v) is 5.13. The Labute approximate surface area is 119 Å². The lowest BCUT2D eigenvalue weighted by atomic mass is 10.1. The fourth-order valence-corrected chi connectivity index (χ4v) is 1.62. The Hall–Kier alpha value is -1.85. The third-order valence-electron chi connectivity index (χ3n) is 3.27. The van der Waals surface area contributed by atoms with Gasteiger partial charge in [-0.2, -0.15) is 5.10 Å². The van der Waals surface area contributed by atoms with E-state index in [0.717, 1.165) is 12.8 Å². The number of aromatic nitrogens is 2. The number of hydrogen-bond donors (Lipinski definition) is 2. The molecule has 0 radical (unpaired) electrons. The summed E-state index contributed by atoms with van der Waals surface area (Å²) in [5.74, 6) is -0.573. The van der Waals surface area contributed by atoms with Crippen LogP contribution in [0.25, 0.3) is 0 Å². The van der Waals surface area contributed by atoms with Crippen molar-refractivity contribution in [1.82, 2.24) is 20.4 Å². The van der Waals surface area contributed by atoms with Gasteiger partial charge in [0.2, 0.25) is 0 Å². The van der Waals surface area contributed by atoms with Crippen LogP contribution < -0.4 is 10.6 Å². The number of nitrogens with one attached hydrogen (secondary N) is 2. The molecule has 20 heavy (non-hydrogen) atoms. The second kappa shape index (κ2) is 7.07. The molecule has 0 bridgehead atoms. The van der Waals surface area contributed by atoms with Gasteiger partial charge in [0.05, 0.1) is 5.56 Å². The third kappa shape index (κ3) is 4.08. The van der Waals surface area contributed by atoms with E-state index in [-0.39, 0.29) is 29.6 Å². The van der Waals surface area contributed by atoms with Crippen molar-refractivity contribution in [2.75, 3.05) is 0 Å². The highest BCUT2D eigenvalue weighted by Gasteiger charge is 2.22. The molecular weight excluding hydrogens is 256 g/mol. The Morgan fingerprint density at radius 1 is 1.15 bits per heavy atom. The highest BCUT2D eigenvalue weighted by molar-refractivity contribution is 6.06. The number of carbonyl (C=O) groups is 2. The van der Waals surface area contributed by atoms with Crippen molar-refractivity contribution >= 4 is 11.8 Å². The van der Waals surface area contributed by atoms with Gasteiger partial charge in [0.25, 0.3) is 11.8 Å². The minimum Gasteiger partial charge on any atom is -0.349 e. The summed E-state index contributed by atoms with van der Waals surface area (Å²) in [5.41, 5.74) is 0.488. The number of rotatable bonds is 6. The zero-order valence-electron chi connectivity index (χ0n) is 12.9. The van der Waals surface area contributed by atoms with Crippen LogP contribution >= 0.6 is 0 Å². The molecule has 0 aliphatic carbocycles. The maximum Gasteiger partial charge on any atom is 0.272 e. The molecule has 1 aromatic heterocycles. The molecule has 112 valence electrons. The van der Waals surface area contributed by atoms with Crippen LogP contribution in [0.4, 0.5) is 0 Å². The van der Waals surface area contributed by atoms with Gasteiger partial charge in [0.1, 0.15) is 0 Å². The lowest BCUT2D eigenvalue weighted by molar-refractivity contribution is 0.0901. The quantitative estimate of drug-likeness (QED) is 0.828. The third-order valence-corrected chi connectivity index (χ3v) is 3.27.